The van der Waals surface area contributed by atoms with Crippen LogP contribution in [0.5, 0.6) is 0 Å². The largest absolute Gasteiger partial charge is 0.468 e. The van der Waals surface area contributed by atoms with E-state index in [1.807, 2.05) is 18.2 Å². The lowest BCUT2D eigenvalue weighted by atomic mass is 9.59. The number of hydrogen-bond donors (Lipinski definition) is 1. The molecule has 2 fully saturated rings. The van der Waals surface area contributed by atoms with Gasteiger partial charge in [0.15, 0.2) is 0 Å². The lowest BCUT2D eigenvalue weighted by molar-refractivity contribution is -0.000930. The molecule has 1 aromatic heterocycles. The van der Waals surface area contributed by atoms with Gasteiger partial charge in [0.25, 0.3) is 0 Å². The second kappa shape index (κ2) is 6.59. The summed E-state index contributed by atoms with van der Waals surface area (Å²) in [7, 11) is -3.43. The van der Waals surface area contributed by atoms with Crippen LogP contribution in [0.15, 0.2) is 58.0 Å². The van der Waals surface area contributed by atoms with Crippen molar-refractivity contribution in [2.45, 2.75) is 43.2 Å². The first-order valence-electron chi connectivity index (χ1n) is 8.90. The van der Waals surface area contributed by atoms with E-state index in [1.54, 1.807) is 30.5 Å². The fourth-order valence-electron chi connectivity index (χ4n) is 4.11. The highest BCUT2D eigenvalue weighted by atomic mass is 32.2. The Morgan fingerprint density at radius 1 is 1.08 bits per heavy atom. The maximum atomic E-state index is 12.6. The van der Waals surface area contributed by atoms with E-state index in [2.05, 4.69) is 9.62 Å². The van der Waals surface area contributed by atoms with Crippen LogP contribution in [0.25, 0.3) is 0 Å². The van der Waals surface area contributed by atoms with Gasteiger partial charge in [0.1, 0.15) is 5.76 Å². The molecule has 134 valence electrons. The van der Waals surface area contributed by atoms with Gasteiger partial charge in [0.2, 0.25) is 10.0 Å². The Morgan fingerprint density at radius 3 is 2.44 bits per heavy atom. The van der Waals surface area contributed by atoms with Gasteiger partial charge in [-0.3, -0.25) is 4.90 Å². The third-order valence-corrected chi connectivity index (χ3v) is 7.32. The fraction of sp³-hybridized carbons (Fsp3) is 0.474. The average molecular weight is 360 g/mol. The highest BCUT2D eigenvalue weighted by molar-refractivity contribution is 7.89. The Kier molecular flexibility index (Phi) is 4.43. The lowest BCUT2D eigenvalue weighted by Crippen LogP contribution is -2.58. The van der Waals surface area contributed by atoms with Gasteiger partial charge in [-0.1, -0.05) is 18.2 Å². The van der Waals surface area contributed by atoms with Crippen LogP contribution in [0.3, 0.4) is 0 Å². The summed E-state index contributed by atoms with van der Waals surface area (Å²) in [5.74, 6) is 0.992. The molecule has 1 atom stereocenters. The number of piperidine rings is 1. The molecule has 0 amide bonds. The molecule has 1 aliphatic heterocycles. The normalized spacial score (nSPS) is 23.4. The molecule has 25 heavy (non-hydrogen) atoms. The van der Waals surface area contributed by atoms with E-state index < -0.39 is 10.0 Å². The Hall–Kier alpha value is -1.63. The Morgan fingerprint density at radius 2 is 1.84 bits per heavy atom. The molecular formula is C19H24N2O3S. The molecule has 1 N–H and O–H groups in total. The zero-order valence-corrected chi connectivity index (χ0v) is 15.0. The highest BCUT2D eigenvalue weighted by Crippen LogP contribution is 2.49. The van der Waals surface area contributed by atoms with Gasteiger partial charge in [-0.05, 0) is 68.5 Å². The zero-order chi connectivity index (χ0) is 17.3. The number of sulfonamides is 1. The molecule has 0 radical (unpaired) electrons. The summed E-state index contributed by atoms with van der Waals surface area (Å²) in [5, 5.41) is 0. The topological polar surface area (TPSA) is 62.6 Å². The molecule has 1 aliphatic carbocycles. The standard InChI is InChI=1S/C19H24N2O3S/c22-25(23,17-6-2-1-3-7-17)20-18-8-9-19(18)10-12-21(13-11-19)15-16-5-4-14-24-16/h1-7,14,18,20H,8-13,15H2/t18-/m1/s1. The molecule has 2 aromatic rings. The van der Waals surface area contributed by atoms with Crippen molar-refractivity contribution < 1.29 is 12.8 Å². The van der Waals surface area contributed by atoms with Crippen LogP contribution in [0.2, 0.25) is 0 Å². The predicted molar refractivity (Wildman–Crippen MR) is 95.4 cm³/mol. The molecule has 1 aromatic carbocycles. The van der Waals surface area contributed by atoms with Crippen molar-refractivity contribution in [3.8, 4) is 0 Å². The van der Waals surface area contributed by atoms with Crippen LogP contribution in [-0.2, 0) is 16.6 Å². The van der Waals surface area contributed by atoms with Crippen LogP contribution in [0.4, 0.5) is 0 Å². The van der Waals surface area contributed by atoms with E-state index in [4.69, 9.17) is 4.42 Å². The minimum atomic E-state index is -3.43. The first-order valence-corrected chi connectivity index (χ1v) is 10.4. The predicted octanol–water partition coefficient (Wildman–Crippen LogP) is 3.00. The molecule has 1 spiro atoms. The van der Waals surface area contributed by atoms with Gasteiger partial charge in [-0.25, -0.2) is 13.1 Å². The summed E-state index contributed by atoms with van der Waals surface area (Å²) < 4.78 is 33.6. The second-order valence-electron chi connectivity index (χ2n) is 7.24. The molecule has 0 unspecified atom stereocenters. The highest BCUT2D eigenvalue weighted by Gasteiger charge is 2.49. The van der Waals surface area contributed by atoms with Crippen molar-refractivity contribution in [3.63, 3.8) is 0 Å². The van der Waals surface area contributed by atoms with Gasteiger partial charge in [-0.15, -0.1) is 0 Å². The number of rotatable bonds is 5. The Bertz CT molecular complexity index is 794. The fourth-order valence-corrected chi connectivity index (χ4v) is 5.51. The molecular weight excluding hydrogens is 336 g/mol. The third-order valence-electron chi connectivity index (χ3n) is 5.83. The molecule has 0 bridgehead atoms. The summed E-state index contributed by atoms with van der Waals surface area (Å²) in [5.41, 5.74) is 0.127. The Balaban J connectivity index is 1.38. The first-order chi connectivity index (χ1) is 12.1. The van der Waals surface area contributed by atoms with Crippen LogP contribution in [0, 0.1) is 5.41 Å². The summed E-state index contributed by atoms with van der Waals surface area (Å²) in [6, 6.07) is 12.6. The van der Waals surface area contributed by atoms with Crippen molar-refractivity contribution >= 4 is 10.0 Å². The molecule has 2 heterocycles. The van der Waals surface area contributed by atoms with Crippen LogP contribution >= 0.6 is 0 Å². The quantitative estimate of drug-likeness (QED) is 0.890. The van der Waals surface area contributed by atoms with Crippen molar-refractivity contribution in [2.24, 2.45) is 5.41 Å². The van der Waals surface area contributed by atoms with E-state index in [0.29, 0.717) is 4.90 Å². The Labute approximate surface area is 149 Å². The lowest BCUT2D eigenvalue weighted by Gasteiger charge is -2.53. The maximum absolute atomic E-state index is 12.6. The SMILES string of the molecule is O=S(=O)(N[C@@H]1CCC12CCN(Cc1ccco1)CC2)c1ccccc1. The maximum Gasteiger partial charge on any atom is 0.240 e. The summed E-state index contributed by atoms with van der Waals surface area (Å²) >= 11 is 0. The minimum absolute atomic E-state index is 0.0588. The molecule has 1 saturated heterocycles. The van der Waals surface area contributed by atoms with E-state index in [0.717, 1.165) is 51.1 Å². The zero-order valence-electron chi connectivity index (χ0n) is 14.2. The van der Waals surface area contributed by atoms with Crippen molar-refractivity contribution in [1.82, 2.24) is 9.62 Å². The van der Waals surface area contributed by atoms with Crippen LogP contribution in [0.1, 0.15) is 31.4 Å². The van der Waals surface area contributed by atoms with Gasteiger partial charge in [-0.2, -0.15) is 0 Å². The molecule has 4 rings (SSSR count). The van der Waals surface area contributed by atoms with E-state index in [-0.39, 0.29) is 11.5 Å². The number of benzene rings is 1. The van der Waals surface area contributed by atoms with Crippen LogP contribution < -0.4 is 4.72 Å². The van der Waals surface area contributed by atoms with E-state index >= 15 is 0 Å². The van der Waals surface area contributed by atoms with Crippen LogP contribution in [-0.4, -0.2) is 32.4 Å². The smallest absolute Gasteiger partial charge is 0.240 e. The number of likely N-dealkylation sites (tertiary alicyclic amines) is 1. The van der Waals surface area contributed by atoms with Gasteiger partial charge in [0.05, 0.1) is 17.7 Å². The number of hydrogen-bond acceptors (Lipinski definition) is 4. The second-order valence-corrected chi connectivity index (χ2v) is 8.96. The van der Waals surface area contributed by atoms with E-state index in [9.17, 15) is 8.42 Å². The van der Waals surface area contributed by atoms with Crippen molar-refractivity contribution in [2.75, 3.05) is 13.1 Å². The number of nitrogens with one attached hydrogen (secondary N) is 1. The molecule has 1 saturated carbocycles. The van der Waals surface area contributed by atoms with Gasteiger partial charge in [0, 0.05) is 6.04 Å². The summed E-state index contributed by atoms with van der Waals surface area (Å²) in [4.78, 5) is 2.75. The number of furan rings is 1. The monoisotopic (exact) mass is 360 g/mol. The average Bonchev–Trinajstić information content (AvgIpc) is 3.13. The molecule has 5 nitrogen and oxygen atoms in total. The summed E-state index contributed by atoms with van der Waals surface area (Å²) in [6.45, 7) is 2.82. The number of nitrogens with zero attached hydrogens (tertiary/aromatic N) is 1. The summed E-state index contributed by atoms with van der Waals surface area (Å²) in [6.07, 6.45) is 5.83. The third kappa shape index (κ3) is 3.38. The van der Waals surface area contributed by atoms with E-state index in [1.165, 1.54) is 0 Å². The molecule has 2 aliphatic rings. The van der Waals surface area contributed by atoms with Gasteiger partial charge < -0.3 is 4.42 Å². The van der Waals surface area contributed by atoms with Crippen molar-refractivity contribution in [3.05, 3.63) is 54.5 Å². The first kappa shape index (κ1) is 16.8. The molecule has 6 heteroatoms. The van der Waals surface area contributed by atoms with Gasteiger partial charge >= 0.3 is 0 Å². The van der Waals surface area contributed by atoms with Crippen molar-refractivity contribution in [1.29, 1.82) is 0 Å². The minimum Gasteiger partial charge on any atom is -0.468 e.